The Bertz CT molecular complexity index is 482. The van der Waals surface area contributed by atoms with Gasteiger partial charge in [0.25, 0.3) is 0 Å². The number of benzene rings is 1. The van der Waals surface area contributed by atoms with Crippen LogP contribution in [0.1, 0.15) is 18.4 Å². The lowest BCUT2D eigenvalue weighted by Crippen LogP contribution is -2.33. The largest absolute Gasteiger partial charge is 0.482 e. The van der Waals surface area contributed by atoms with E-state index in [2.05, 4.69) is 5.32 Å². The van der Waals surface area contributed by atoms with E-state index < -0.39 is 5.97 Å². The van der Waals surface area contributed by atoms with Crippen LogP contribution in [0, 0.1) is 0 Å². The van der Waals surface area contributed by atoms with Crippen LogP contribution in [0.25, 0.3) is 0 Å². The molecule has 6 nitrogen and oxygen atoms in total. The van der Waals surface area contributed by atoms with Crippen molar-refractivity contribution >= 4 is 11.9 Å². The number of carbonyl (C=O) groups is 2. The van der Waals surface area contributed by atoms with Gasteiger partial charge in [0, 0.05) is 13.2 Å². The lowest BCUT2D eigenvalue weighted by molar-refractivity contribution is -0.139. The van der Waals surface area contributed by atoms with Crippen LogP contribution in [-0.2, 0) is 20.9 Å². The first-order valence-corrected chi connectivity index (χ1v) is 6.48. The molecule has 6 heteroatoms. The topological polar surface area (TPSA) is 84.9 Å². The summed E-state index contributed by atoms with van der Waals surface area (Å²) in [6, 6.07) is 6.97. The van der Waals surface area contributed by atoms with Crippen LogP contribution in [-0.4, -0.2) is 36.3 Å². The summed E-state index contributed by atoms with van der Waals surface area (Å²) in [7, 11) is 0. The van der Waals surface area contributed by atoms with Crippen molar-refractivity contribution in [2.75, 3.05) is 13.2 Å². The first kappa shape index (κ1) is 14.3. The number of rotatable bonds is 6. The number of hydrogen-bond acceptors (Lipinski definition) is 4. The van der Waals surface area contributed by atoms with Crippen LogP contribution < -0.4 is 10.1 Å². The molecule has 0 saturated carbocycles. The fourth-order valence-corrected chi connectivity index (χ4v) is 1.98. The second-order valence-corrected chi connectivity index (χ2v) is 4.55. The van der Waals surface area contributed by atoms with Gasteiger partial charge in [-0.2, -0.15) is 0 Å². The molecule has 1 aromatic carbocycles. The number of ether oxygens (including phenoxy) is 2. The molecule has 1 aliphatic heterocycles. The van der Waals surface area contributed by atoms with E-state index in [0.717, 1.165) is 18.4 Å². The third-order valence-corrected chi connectivity index (χ3v) is 2.95. The zero-order chi connectivity index (χ0) is 14.4. The van der Waals surface area contributed by atoms with Crippen molar-refractivity contribution in [2.45, 2.75) is 25.5 Å². The summed E-state index contributed by atoms with van der Waals surface area (Å²) in [5.74, 6) is -0.669. The highest BCUT2D eigenvalue weighted by molar-refractivity contribution is 5.80. The van der Waals surface area contributed by atoms with Gasteiger partial charge in [-0.1, -0.05) is 12.1 Å². The van der Waals surface area contributed by atoms with Crippen LogP contribution in [0.15, 0.2) is 24.3 Å². The van der Waals surface area contributed by atoms with Gasteiger partial charge in [0.2, 0.25) is 5.91 Å². The summed E-state index contributed by atoms with van der Waals surface area (Å²) in [4.78, 5) is 22.2. The monoisotopic (exact) mass is 279 g/mol. The molecule has 0 aliphatic carbocycles. The van der Waals surface area contributed by atoms with Crippen molar-refractivity contribution < 1.29 is 24.2 Å². The smallest absolute Gasteiger partial charge is 0.341 e. The third-order valence-electron chi connectivity index (χ3n) is 2.95. The first-order chi connectivity index (χ1) is 9.65. The molecule has 1 heterocycles. The van der Waals surface area contributed by atoms with Crippen molar-refractivity contribution in [3.05, 3.63) is 29.8 Å². The number of carboxylic acid groups (broad SMARTS) is 1. The minimum Gasteiger partial charge on any atom is -0.482 e. The zero-order valence-corrected chi connectivity index (χ0v) is 11.0. The van der Waals surface area contributed by atoms with Crippen LogP contribution >= 0.6 is 0 Å². The summed E-state index contributed by atoms with van der Waals surface area (Å²) >= 11 is 0. The van der Waals surface area contributed by atoms with E-state index in [-0.39, 0.29) is 18.6 Å². The molecule has 2 N–H and O–H groups in total. The molecule has 0 unspecified atom stereocenters. The molecule has 0 bridgehead atoms. The Morgan fingerprint density at radius 3 is 3.00 bits per heavy atom. The highest BCUT2D eigenvalue weighted by Crippen LogP contribution is 2.14. The normalized spacial score (nSPS) is 17.7. The Kier molecular flexibility index (Phi) is 4.95. The maximum atomic E-state index is 11.8. The van der Waals surface area contributed by atoms with Gasteiger partial charge in [-0.15, -0.1) is 0 Å². The minimum atomic E-state index is -1.03. The number of aliphatic carboxylic acids is 1. The minimum absolute atomic E-state index is 0.112. The van der Waals surface area contributed by atoms with Gasteiger partial charge in [-0.05, 0) is 30.5 Å². The summed E-state index contributed by atoms with van der Waals surface area (Å²) in [5, 5.41) is 11.3. The van der Waals surface area contributed by atoms with Crippen LogP contribution in [0.3, 0.4) is 0 Å². The van der Waals surface area contributed by atoms with E-state index in [4.69, 9.17) is 14.6 Å². The fraction of sp³-hybridized carbons (Fsp3) is 0.429. The molecular formula is C14H17NO5. The average molecular weight is 279 g/mol. The molecule has 0 radical (unpaired) electrons. The summed E-state index contributed by atoms with van der Waals surface area (Å²) in [5.41, 5.74) is 0.847. The number of hydrogen-bond donors (Lipinski definition) is 2. The van der Waals surface area contributed by atoms with E-state index in [1.54, 1.807) is 18.2 Å². The molecule has 2 rings (SSSR count). The van der Waals surface area contributed by atoms with Crippen LogP contribution in [0.2, 0.25) is 0 Å². The van der Waals surface area contributed by atoms with E-state index in [9.17, 15) is 9.59 Å². The van der Waals surface area contributed by atoms with Crippen LogP contribution in [0.4, 0.5) is 0 Å². The average Bonchev–Trinajstić information content (AvgIpc) is 2.97. The number of amides is 1. The highest BCUT2D eigenvalue weighted by Gasteiger charge is 2.22. The summed E-state index contributed by atoms with van der Waals surface area (Å²) in [6.45, 7) is 0.616. The molecule has 1 saturated heterocycles. The predicted octanol–water partition coefficient (Wildman–Crippen LogP) is 0.945. The molecule has 1 atom stereocenters. The maximum absolute atomic E-state index is 11.8. The molecule has 0 spiro atoms. The Hall–Kier alpha value is -2.08. The summed E-state index contributed by atoms with van der Waals surface area (Å²) in [6.07, 6.45) is 1.32. The SMILES string of the molecule is O=C(O)COc1cccc(CNC(=O)[C@@H]2CCCO2)c1. The molecule has 108 valence electrons. The lowest BCUT2D eigenvalue weighted by Gasteiger charge is -2.11. The van der Waals surface area contributed by atoms with E-state index >= 15 is 0 Å². The zero-order valence-electron chi connectivity index (χ0n) is 11.0. The predicted molar refractivity (Wildman–Crippen MR) is 70.4 cm³/mol. The van der Waals surface area contributed by atoms with Gasteiger partial charge in [-0.25, -0.2) is 4.79 Å². The molecule has 0 aromatic heterocycles. The van der Waals surface area contributed by atoms with Gasteiger partial charge in [0.1, 0.15) is 11.9 Å². The quantitative estimate of drug-likeness (QED) is 0.809. The van der Waals surface area contributed by atoms with E-state index in [0.29, 0.717) is 18.9 Å². The van der Waals surface area contributed by atoms with Gasteiger partial charge in [-0.3, -0.25) is 4.79 Å². The first-order valence-electron chi connectivity index (χ1n) is 6.48. The van der Waals surface area contributed by atoms with Gasteiger partial charge in [0.05, 0.1) is 0 Å². The van der Waals surface area contributed by atoms with Crippen molar-refractivity contribution in [3.8, 4) is 5.75 Å². The highest BCUT2D eigenvalue weighted by atomic mass is 16.5. The van der Waals surface area contributed by atoms with Crippen molar-refractivity contribution in [1.82, 2.24) is 5.32 Å². The van der Waals surface area contributed by atoms with E-state index in [1.165, 1.54) is 0 Å². The number of nitrogens with one attached hydrogen (secondary N) is 1. The Labute approximate surface area is 116 Å². The third kappa shape index (κ3) is 4.24. The van der Waals surface area contributed by atoms with Gasteiger partial charge >= 0.3 is 5.97 Å². The Balaban J connectivity index is 1.84. The van der Waals surface area contributed by atoms with Gasteiger partial charge < -0.3 is 19.9 Å². The van der Waals surface area contributed by atoms with Crippen molar-refractivity contribution in [2.24, 2.45) is 0 Å². The molecule has 1 aliphatic rings. The number of carboxylic acids is 1. The second kappa shape index (κ2) is 6.91. The lowest BCUT2D eigenvalue weighted by atomic mass is 10.2. The molecule has 1 amide bonds. The standard InChI is InChI=1S/C14H17NO5/c16-13(17)9-20-11-4-1-3-10(7-11)8-15-14(18)12-5-2-6-19-12/h1,3-4,7,12H,2,5-6,8-9H2,(H,15,18)(H,16,17)/t12-/m0/s1. The molecule has 20 heavy (non-hydrogen) atoms. The molecular weight excluding hydrogens is 262 g/mol. The van der Waals surface area contributed by atoms with Gasteiger partial charge in [0.15, 0.2) is 6.61 Å². The maximum Gasteiger partial charge on any atom is 0.341 e. The Morgan fingerprint density at radius 2 is 2.30 bits per heavy atom. The number of carbonyl (C=O) groups excluding carboxylic acids is 1. The second-order valence-electron chi connectivity index (χ2n) is 4.55. The van der Waals surface area contributed by atoms with Crippen molar-refractivity contribution in [3.63, 3.8) is 0 Å². The van der Waals surface area contributed by atoms with E-state index in [1.807, 2.05) is 6.07 Å². The molecule has 1 fully saturated rings. The van der Waals surface area contributed by atoms with Crippen LogP contribution in [0.5, 0.6) is 5.75 Å². The Morgan fingerprint density at radius 1 is 1.45 bits per heavy atom. The molecule has 1 aromatic rings. The fourth-order valence-electron chi connectivity index (χ4n) is 1.98. The summed E-state index contributed by atoms with van der Waals surface area (Å²) < 4.78 is 10.4. The van der Waals surface area contributed by atoms with Crippen molar-refractivity contribution in [1.29, 1.82) is 0 Å².